The van der Waals surface area contributed by atoms with Gasteiger partial charge in [-0.2, -0.15) is 0 Å². The van der Waals surface area contributed by atoms with E-state index in [2.05, 4.69) is 28.1 Å². The number of rotatable bonds is 3. The van der Waals surface area contributed by atoms with Crippen LogP contribution in [0.15, 0.2) is 45.8 Å². The second-order valence-electron chi connectivity index (χ2n) is 4.56. The Morgan fingerprint density at radius 1 is 1.35 bits per heavy atom. The molecule has 1 aliphatic rings. The van der Waals surface area contributed by atoms with Gasteiger partial charge in [-0.3, -0.25) is 0 Å². The molecular weight excluding hydrogens is 363 g/mol. The van der Waals surface area contributed by atoms with Crippen molar-refractivity contribution in [1.82, 2.24) is 0 Å². The Morgan fingerprint density at radius 3 is 2.95 bits per heavy atom. The fourth-order valence-corrected chi connectivity index (χ4v) is 4.12. The summed E-state index contributed by atoms with van der Waals surface area (Å²) in [6.45, 7) is 0.541. The molecule has 0 aromatic heterocycles. The van der Waals surface area contributed by atoms with Gasteiger partial charge in [0.15, 0.2) is 0 Å². The molecule has 0 spiro atoms. The summed E-state index contributed by atoms with van der Waals surface area (Å²) in [7, 11) is 0. The van der Waals surface area contributed by atoms with Gasteiger partial charge in [0.2, 0.25) is 0 Å². The molecule has 20 heavy (non-hydrogen) atoms. The minimum absolute atomic E-state index is 0.0897. The summed E-state index contributed by atoms with van der Waals surface area (Å²) in [5.41, 5.74) is 1.35. The van der Waals surface area contributed by atoms with E-state index < -0.39 is 5.82 Å². The number of ether oxygens (including phenoxy) is 1. The van der Waals surface area contributed by atoms with Crippen LogP contribution in [0.2, 0.25) is 5.02 Å². The molecule has 0 saturated carbocycles. The average molecular weight is 374 g/mol. The highest BCUT2D eigenvalue weighted by molar-refractivity contribution is 9.10. The number of halogens is 3. The summed E-state index contributed by atoms with van der Waals surface area (Å²) in [5, 5.41) is 0.449. The first-order valence-electron chi connectivity index (χ1n) is 6.15. The monoisotopic (exact) mass is 372 g/mol. The summed E-state index contributed by atoms with van der Waals surface area (Å²) in [6, 6.07) is 11.2. The standard InChI is InChI=1S/C15H11BrClFOS/c16-11-6-12(17)13(18)7-14(11)19-8-10-5-9-3-1-2-4-15(9)20-10/h1-4,6-7,10H,5,8H2. The van der Waals surface area contributed by atoms with Crippen LogP contribution in [0.4, 0.5) is 4.39 Å². The van der Waals surface area contributed by atoms with Crippen molar-refractivity contribution in [2.75, 3.05) is 6.61 Å². The third-order valence-electron chi connectivity index (χ3n) is 3.11. The molecular formula is C15H11BrClFOS. The molecule has 1 aliphatic heterocycles. The highest BCUT2D eigenvalue weighted by Gasteiger charge is 2.22. The van der Waals surface area contributed by atoms with Gasteiger partial charge in [-0.25, -0.2) is 4.39 Å². The van der Waals surface area contributed by atoms with Crippen molar-refractivity contribution in [1.29, 1.82) is 0 Å². The van der Waals surface area contributed by atoms with Crippen molar-refractivity contribution in [3.05, 3.63) is 57.3 Å². The molecule has 1 unspecified atom stereocenters. The SMILES string of the molecule is Fc1cc(OCC2Cc3ccccc3S2)c(Br)cc1Cl. The van der Waals surface area contributed by atoms with Crippen molar-refractivity contribution < 1.29 is 9.13 Å². The summed E-state index contributed by atoms with van der Waals surface area (Å²) < 4.78 is 19.8. The van der Waals surface area contributed by atoms with Crippen molar-refractivity contribution in [3.8, 4) is 5.75 Å². The van der Waals surface area contributed by atoms with Crippen LogP contribution in [0.5, 0.6) is 5.75 Å². The molecule has 0 N–H and O–H groups in total. The average Bonchev–Trinajstić information content (AvgIpc) is 2.84. The highest BCUT2D eigenvalue weighted by Crippen LogP contribution is 2.38. The third kappa shape index (κ3) is 2.97. The molecule has 3 rings (SSSR count). The Balaban J connectivity index is 1.66. The third-order valence-corrected chi connectivity index (χ3v) is 5.31. The van der Waals surface area contributed by atoms with Crippen LogP contribution in [-0.4, -0.2) is 11.9 Å². The van der Waals surface area contributed by atoms with Gasteiger partial charge in [-0.1, -0.05) is 29.8 Å². The summed E-state index contributed by atoms with van der Waals surface area (Å²) in [4.78, 5) is 1.31. The normalized spacial score (nSPS) is 17.1. The van der Waals surface area contributed by atoms with Gasteiger partial charge in [0.1, 0.15) is 18.2 Å². The van der Waals surface area contributed by atoms with Gasteiger partial charge >= 0.3 is 0 Å². The number of thioether (sulfide) groups is 1. The van der Waals surface area contributed by atoms with Gasteiger partial charge in [0, 0.05) is 16.2 Å². The van der Waals surface area contributed by atoms with Gasteiger partial charge in [0.05, 0.1) is 9.50 Å². The molecule has 0 bridgehead atoms. The lowest BCUT2D eigenvalue weighted by Gasteiger charge is -2.12. The zero-order valence-corrected chi connectivity index (χ0v) is 13.6. The molecule has 5 heteroatoms. The zero-order valence-electron chi connectivity index (χ0n) is 10.4. The van der Waals surface area contributed by atoms with E-state index in [4.69, 9.17) is 16.3 Å². The first kappa shape index (κ1) is 14.2. The lowest BCUT2D eigenvalue weighted by atomic mass is 10.1. The molecule has 2 aromatic rings. The van der Waals surface area contributed by atoms with E-state index in [1.807, 2.05) is 23.9 Å². The minimum atomic E-state index is -0.466. The van der Waals surface area contributed by atoms with E-state index in [0.29, 0.717) is 22.1 Å². The molecule has 0 fully saturated rings. The number of hydrogen-bond donors (Lipinski definition) is 0. The fraction of sp³-hybridized carbons (Fsp3) is 0.200. The van der Waals surface area contributed by atoms with Crippen molar-refractivity contribution in [2.45, 2.75) is 16.6 Å². The number of hydrogen-bond acceptors (Lipinski definition) is 2. The molecule has 0 radical (unpaired) electrons. The number of benzene rings is 2. The van der Waals surface area contributed by atoms with E-state index in [0.717, 1.165) is 6.42 Å². The Labute approximate surface area is 134 Å². The van der Waals surface area contributed by atoms with Crippen molar-refractivity contribution in [2.24, 2.45) is 0 Å². The van der Waals surface area contributed by atoms with Crippen LogP contribution < -0.4 is 4.74 Å². The van der Waals surface area contributed by atoms with Gasteiger partial charge in [-0.05, 0) is 40.0 Å². The largest absolute Gasteiger partial charge is 0.491 e. The van der Waals surface area contributed by atoms with E-state index >= 15 is 0 Å². The fourth-order valence-electron chi connectivity index (χ4n) is 2.14. The predicted octanol–water partition coefficient (Wildman–Crippen LogP) is 5.34. The van der Waals surface area contributed by atoms with Gasteiger partial charge < -0.3 is 4.74 Å². The second-order valence-corrected chi connectivity index (χ2v) is 7.16. The molecule has 0 amide bonds. The van der Waals surface area contributed by atoms with Crippen molar-refractivity contribution >= 4 is 39.3 Å². The molecule has 1 nitrogen and oxygen atoms in total. The summed E-state index contributed by atoms with van der Waals surface area (Å²) >= 11 is 10.9. The quantitative estimate of drug-likeness (QED) is 0.672. The first-order valence-corrected chi connectivity index (χ1v) is 8.20. The van der Waals surface area contributed by atoms with Crippen LogP contribution in [0, 0.1) is 5.82 Å². The van der Waals surface area contributed by atoms with Crippen LogP contribution in [0.25, 0.3) is 0 Å². The molecule has 1 heterocycles. The Bertz CT molecular complexity index is 625. The van der Waals surface area contributed by atoms with Crippen LogP contribution in [0.3, 0.4) is 0 Å². The highest BCUT2D eigenvalue weighted by atomic mass is 79.9. The molecule has 0 saturated heterocycles. The van der Waals surface area contributed by atoms with E-state index in [1.54, 1.807) is 0 Å². The van der Waals surface area contributed by atoms with Crippen LogP contribution in [0.1, 0.15) is 5.56 Å². The molecule has 1 atom stereocenters. The smallest absolute Gasteiger partial charge is 0.145 e. The topological polar surface area (TPSA) is 9.23 Å². The lowest BCUT2D eigenvalue weighted by molar-refractivity contribution is 0.314. The summed E-state index contributed by atoms with van der Waals surface area (Å²) in [5.74, 6) is 0.0238. The first-order chi connectivity index (χ1) is 9.63. The van der Waals surface area contributed by atoms with Crippen LogP contribution >= 0.6 is 39.3 Å². The Hall–Kier alpha value is -0.710. The van der Waals surface area contributed by atoms with E-state index in [1.165, 1.54) is 22.6 Å². The maximum atomic E-state index is 13.4. The molecule has 0 aliphatic carbocycles. The van der Waals surface area contributed by atoms with Gasteiger partial charge in [-0.15, -0.1) is 11.8 Å². The number of fused-ring (bicyclic) bond motifs is 1. The lowest BCUT2D eigenvalue weighted by Crippen LogP contribution is -2.13. The van der Waals surface area contributed by atoms with Crippen molar-refractivity contribution in [3.63, 3.8) is 0 Å². The molecule has 2 aromatic carbocycles. The second kappa shape index (κ2) is 5.96. The maximum Gasteiger partial charge on any atom is 0.145 e. The maximum absolute atomic E-state index is 13.4. The zero-order chi connectivity index (χ0) is 14.1. The van der Waals surface area contributed by atoms with E-state index in [9.17, 15) is 4.39 Å². The van der Waals surface area contributed by atoms with E-state index in [-0.39, 0.29) is 5.02 Å². The minimum Gasteiger partial charge on any atom is -0.491 e. The predicted molar refractivity (Wildman–Crippen MR) is 84.4 cm³/mol. The molecule has 104 valence electrons. The van der Waals surface area contributed by atoms with Crippen LogP contribution in [-0.2, 0) is 6.42 Å². The Morgan fingerprint density at radius 2 is 2.15 bits per heavy atom. The van der Waals surface area contributed by atoms with Gasteiger partial charge in [0.25, 0.3) is 0 Å². The Kier molecular flexibility index (Phi) is 4.24. The summed E-state index contributed by atoms with van der Waals surface area (Å²) in [6.07, 6.45) is 0.981.